The molecule has 0 aliphatic carbocycles. The highest BCUT2D eigenvalue weighted by molar-refractivity contribution is 5.32. The Morgan fingerprint density at radius 3 is 2.50 bits per heavy atom. The summed E-state index contributed by atoms with van der Waals surface area (Å²) in [5.41, 5.74) is 10.7. The lowest BCUT2D eigenvalue weighted by atomic mass is 9.99. The van der Waals surface area contributed by atoms with Crippen LogP contribution in [0.2, 0.25) is 0 Å². The molecular formula is C12H18N2. The molecule has 1 fully saturated rings. The third-order valence-corrected chi connectivity index (χ3v) is 3.03. The van der Waals surface area contributed by atoms with Crippen molar-refractivity contribution < 1.29 is 0 Å². The van der Waals surface area contributed by atoms with E-state index in [-0.39, 0.29) is 0 Å². The van der Waals surface area contributed by atoms with Crippen LogP contribution in [0.4, 0.5) is 0 Å². The van der Waals surface area contributed by atoms with Gasteiger partial charge in [-0.1, -0.05) is 18.2 Å². The van der Waals surface area contributed by atoms with Crippen molar-refractivity contribution in [2.24, 2.45) is 0 Å². The predicted molar refractivity (Wildman–Crippen MR) is 59.0 cm³/mol. The summed E-state index contributed by atoms with van der Waals surface area (Å²) in [4.78, 5) is 0. The van der Waals surface area contributed by atoms with Gasteiger partial charge in [-0.3, -0.25) is 10.9 Å². The van der Waals surface area contributed by atoms with Crippen molar-refractivity contribution in [2.45, 2.75) is 39.3 Å². The fraction of sp³-hybridized carbons (Fsp3) is 0.500. The maximum atomic E-state index is 3.32. The van der Waals surface area contributed by atoms with Crippen LogP contribution in [-0.2, 0) is 0 Å². The Bertz CT molecular complexity index is 333. The van der Waals surface area contributed by atoms with Crippen molar-refractivity contribution in [3.05, 3.63) is 34.9 Å². The molecule has 0 radical (unpaired) electrons. The van der Waals surface area contributed by atoms with Crippen molar-refractivity contribution in [3.63, 3.8) is 0 Å². The maximum absolute atomic E-state index is 3.32. The zero-order chi connectivity index (χ0) is 10.1. The van der Waals surface area contributed by atoms with Gasteiger partial charge in [0.05, 0.1) is 0 Å². The van der Waals surface area contributed by atoms with Crippen molar-refractivity contribution in [2.75, 3.05) is 0 Å². The van der Waals surface area contributed by atoms with Gasteiger partial charge in [-0.25, -0.2) is 0 Å². The second-order valence-corrected chi connectivity index (χ2v) is 4.32. The summed E-state index contributed by atoms with van der Waals surface area (Å²) in [6.07, 6.45) is 1.17. The summed E-state index contributed by atoms with van der Waals surface area (Å²) in [7, 11) is 0. The Morgan fingerprint density at radius 1 is 1.14 bits per heavy atom. The molecule has 0 saturated carbocycles. The van der Waals surface area contributed by atoms with E-state index in [2.05, 4.69) is 49.8 Å². The molecular weight excluding hydrogens is 172 g/mol. The van der Waals surface area contributed by atoms with Crippen molar-refractivity contribution in [1.82, 2.24) is 10.9 Å². The molecule has 2 unspecified atom stereocenters. The van der Waals surface area contributed by atoms with Crippen molar-refractivity contribution >= 4 is 0 Å². The van der Waals surface area contributed by atoms with E-state index in [4.69, 9.17) is 0 Å². The van der Waals surface area contributed by atoms with Crippen LogP contribution in [0.15, 0.2) is 18.2 Å². The van der Waals surface area contributed by atoms with Crippen LogP contribution in [0.1, 0.15) is 36.1 Å². The van der Waals surface area contributed by atoms with E-state index >= 15 is 0 Å². The summed E-state index contributed by atoms with van der Waals surface area (Å²) < 4.78 is 0. The van der Waals surface area contributed by atoms with Crippen LogP contribution in [-0.4, -0.2) is 6.04 Å². The molecule has 1 heterocycles. The van der Waals surface area contributed by atoms with Gasteiger partial charge in [-0.2, -0.15) is 0 Å². The second-order valence-electron chi connectivity index (χ2n) is 4.32. The fourth-order valence-electron chi connectivity index (χ4n) is 1.92. The Balaban J connectivity index is 2.20. The molecule has 2 rings (SSSR count). The number of nitrogens with one attached hydrogen (secondary N) is 2. The first-order valence-corrected chi connectivity index (χ1v) is 5.25. The minimum Gasteiger partial charge on any atom is -0.254 e. The molecule has 1 saturated heterocycles. The maximum Gasteiger partial charge on any atom is 0.0477 e. The predicted octanol–water partition coefficient (Wildman–Crippen LogP) is 2.23. The average Bonchev–Trinajstić information content (AvgIpc) is 2.57. The van der Waals surface area contributed by atoms with Gasteiger partial charge in [-0.15, -0.1) is 0 Å². The quantitative estimate of drug-likeness (QED) is 0.709. The number of hydrazine groups is 1. The van der Waals surface area contributed by atoms with Crippen LogP contribution >= 0.6 is 0 Å². The third-order valence-electron chi connectivity index (χ3n) is 3.03. The second kappa shape index (κ2) is 3.71. The fourth-order valence-corrected chi connectivity index (χ4v) is 1.92. The number of rotatable bonds is 1. The molecule has 14 heavy (non-hydrogen) atoms. The van der Waals surface area contributed by atoms with E-state index in [1.165, 1.54) is 23.1 Å². The first-order valence-electron chi connectivity index (χ1n) is 5.25. The molecule has 2 heteroatoms. The minimum absolute atomic E-state index is 0.476. The smallest absolute Gasteiger partial charge is 0.0477 e. The first kappa shape index (κ1) is 9.69. The topological polar surface area (TPSA) is 24.1 Å². The van der Waals surface area contributed by atoms with Gasteiger partial charge in [0.25, 0.3) is 0 Å². The number of benzene rings is 1. The molecule has 0 amide bonds. The Kier molecular flexibility index (Phi) is 2.57. The van der Waals surface area contributed by atoms with E-state index in [1.807, 2.05) is 0 Å². The Morgan fingerprint density at radius 2 is 1.93 bits per heavy atom. The highest BCUT2D eigenvalue weighted by Gasteiger charge is 2.21. The largest absolute Gasteiger partial charge is 0.254 e. The molecule has 1 aliphatic heterocycles. The van der Waals surface area contributed by atoms with Gasteiger partial charge in [0.1, 0.15) is 0 Å². The molecule has 0 aromatic heterocycles. The van der Waals surface area contributed by atoms with E-state index in [9.17, 15) is 0 Å². The number of hydrogen-bond acceptors (Lipinski definition) is 2. The van der Waals surface area contributed by atoms with Crippen LogP contribution in [0, 0.1) is 13.8 Å². The summed E-state index contributed by atoms with van der Waals surface area (Å²) in [6.45, 7) is 6.53. The van der Waals surface area contributed by atoms with Crippen molar-refractivity contribution in [1.29, 1.82) is 0 Å². The Hall–Kier alpha value is -0.860. The van der Waals surface area contributed by atoms with Gasteiger partial charge in [0.15, 0.2) is 0 Å². The van der Waals surface area contributed by atoms with Gasteiger partial charge < -0.3 is 0 Å². The first-order chi connectivity index (χ1) is 6.66. The normalized spacial score (nSPS) is 26.8. The number of aryl methyl sites for hydroxylation is 2. The van der Waals surface area contributed by atoms with Gasteiger partial charge in [0.2, 0.25) is 0 Å². The van der Waals surface area contributed by atoms with Crippen LogP contribution in [0.25, 0.3) is 0 Å². The lowest BCUT2D eigenvalue weighted by Crippen LogP contribution is -2.28. The zero-order valence-corrected chi connectivity index (χ0v) is 9.09. The molecule has 1 aliphatic rings. The van der Waals surface area contributed by atoms with Gasteiger partial charge in [0, 0.05) is 12.1 Å². The SMILES string of the molecule is Cc1ccc(C2CC(C)NN2)cc1C. The molecule has 2 nitrogen and oxygen atoms in total. The average molecular weight is 190 g/mol. The van der Waals surface area contributed by atoms with Gasteiger partial charge >= 0.3 is 0 Å². The Labute approximate surface area is 85.7 Å². The van der Waals surface area contributed by atoms with E-state index in [0.717, 1.165) is 0 Å². The standard InChI is InChI=1S/C12H18N2/c1-8-4-5-11(6-9(8)2)12-7-10(3)13-14-12/h4-6,10,12-14H,7H2,1-3H3. The van der Waals surface area contributed by atoms with Crippen molar-refractivity contribution in [3.8, 4) is 0 Å². The monoisotopic (exact) mass is 190 g/mol. The molecule has 76 valence electrons. The number of hydrogen-bond donors (Lipinski definition) is 2. The summed E-state index contributed by atoms with van der Waals surface area (Å²) in [5.74, 6) is 0. The highest BCUT2D eigenvalue weighted by atomic mass is 15.4. The lowest BCUT2D eigenvalue weighted by Gasteiger charge is -2.11. The van der Waals surface area contributed by atoms with E-state index in [0.29, 0.717) is 12.1 Å². The van der Waals surface area contributed by atoms with Crippen LogP contribution in [0.3, 0.4) is 0 Å². The summed E-state index contributed by atoms with van der Waals surface area (Å²) in [5, 5.41) is 0. The van der Waals surface area contributed by atoms with Crippen LogP contribution < -0.4 is 10.9 Å². The zero-order valence-electron chi connectivity index (χ0n) is 9.09. The molecule has 1 aromatic carbocycles. The molecule has 1 aromatic rings. The lowest BCUT2D eigenvalue weighted by molar-refractivity contribution is 0.560. The van der Waals surface area contributed by atoms with Crippen LogP contribution in [0.5, 0.6) is 0 Å². The molecule has 0 bridgehead atoms. The minimum atomic E-state index is 0.476. The summed E-state index contributed by atoms with van der Waals surface area (Å²) >= 11 is 0. The van der Waals surface area contributed by atoms with E-state index < -0.39 is 0 Å². The third kappa shape index (κ3) is 1.81. The summed E-state index contributed by atoms with van der Waals surface area (Å²) in [6, 6.07) is 7.76. The molecule has 2 N–H and O–H groups in total. The molecule has 2 atom stereocenters. The molecule has 0 spiro atoms. The highest BCUT2D eigenvalue weighted by Crippen LogP contribution is 2.23. The van der Waals surface area contributed by atoms with Gasteiger partial charge in [-0.05, 0) is 43.9 Å². The van der Waals surface area contributed by atoms with E-state index in [1.54, 1.807) is 0 Å².